The minimum absolute atomic E-state index is 0.494. The van der Waals surface area contributed by atoms with E-state index in [1.807, 2.05) is 0 Å². The third-order valence-corrected chi connectivity index (χ3v) is 3.09. The van der Waals surface area contributed by atoms with Crippen molar-refractivity contribution in [3.63, 3.8) is 0 Å². The third-order valence-electron chi connectivity index (χ3n) is 3.09. The summed E-state index contributed by atoms with van der Waals surface area (Å²) in [5.41, 5.74) is 5.85. The summed E-state index contributed by atoms with van der Waals surface area (Å²) in [6.07, 6.45) is 2.06. The van der Waals surface area contributed by atoms with Crippen LogP contribution in [0, 0.1) is 11.8 Å². The molecule has 1 unspecified atom stereocenters. The fourth-order valence-electron chi connectivity index (χ4n) is 2.30. The molecule has 0 aliphatic heterocycles. The van der Waals surface area contributed by atoms with E-state index >= 15 is 0 Å². The second kappa shape index (κ2) is 7.36. The molecule has 1 aromatic heterocycles. The predicted molar refractivity (Wildman–Crippen MR) is 75.6 cm³/mol. The number of aromatic nitrogens is 3. The number of rotatable bonds is 8. The van der Waals surface area contributed by atoms with Crippen LogP contribution in [-0.2, 0) is 13.0 Å². The van der Waals surface area contributed by atoms with Crippen LogP contribution >= 0.6 is 0 Å². The molecule has 1 heterocycles. The maximum atomic E-state index is 5.85. The first-order chi connectivity index (χ1) is 8.62. The van der Waals surface area contributed by atoms with Crippen LogP contribution in [0.5, 0.6) is 0 Å². The number of nitrogens with two attached hydrogens (primary N) is 1. The maximum absolute atomic E-state index is 5.85. The van der Waals surface area contributed by atoms with Crippen molar-refractivity contribution in [3.05, 3.63) is 5.82 Å². The second-order valence-corrected chi connectivity index (χ2v) is 5.15. The molecule has 0 bridgehead atoms. The predicted octanol–water partition coefficient (Wildman–Crippen LogP) is 1.89. The van der Waals surface area contributed by atoms with Gasteiger partial charge in [-0.25, -0.2) is 0 Å². The minimum atomic E-state index is 0.494. The van der Waals surface area contributed by atoms with Gasteiger partial charge in [0.05, 0.1) is 0 Å². The van der Waals surface area contributed by atoms with Crippen LogP contribution < -0.4 is 11.1 Å². The van der Waals surface area contributed by atoms with Crippen LogP contribution in [0.15, 0.2) is 0 Å². The highest BCUT2D eigenvalue weighted by molar-refractivity contribution is 5.25. The Morgan fingerprint density at radius 3 is 2.50 bits per heavy atom. The van der Waals surface area contributed by atoms with Crippen molar-refractivity contribution in [2.75, 3.05) is 18.4 Å². The van der Waals surface area contributed by atoms with Gasteiger partial charge >= 0.3 is 0 Å². The zero-order chi connectivity index (χ0) is 13.5. The molecule has 0 amide bonds. The molecule has 0 saturated carbocycles. The van der Waals surface area contributed by atoms with Crippen molar-refractivity contribution in [2.24, 2.45) is 17.6 Å². The Kier molecular flexibility index (Phi) is 6.12. The summed E-state index contributed by atoms with van der Waals surface area (Å²) in [6, 6.07) is 0. The van der Waals surface area contributed by atoms with E-state index in [0.29, 0.717) is 18.4 Å². The Bertz CT molecular complexity index is 345. The van der Waals surface area contributed by atoms with Gasteiger partial charge in [-0.2, -0.15) is 0 Å². The quantitative estimate of drug-likeness (QED) is 0.742. The van der Waals surface area contributed by atoms with Crippen molar-refractivity contribution in [2.45, 2.75) is 47.1 Å². The lowest BCUT2D eigenvalue weighted by molar-refractivity contribution is 0.403. The van der Waals surface area contributed by atoms with E-state index in [2.05, 4.69) is 47.8 Å². The molecule has 0 radical (unpaired) electrons. The number of nitrogens with one attached hydrogen (secondary N) is 1. The summed E-state index contributed by atoms with van der Waals surface area (Å²) >= 11 is 0. The Labute approximate surface area is 110 Å². The summed E-state index contributed by atoms with van der Waals surface area (Å²) in [5, 5.41) is 11.7. The van der Waals surface area contributed by atoms with Gasteiger partial charge in [0, 0.05) is 19.5 Å². The second-order valence-electron chi connectivity index (χ2n) is 5.15. The number of hydrogen-bond acceptors (Lipinski definition) is 4. The van der Waals surface area contributed by atoms with Crippen LogP contribution in [-0.4, -0.2) is 27.9 Å². The van der Waals surface area contributed by atoms with Gasteiger partial charge in [-0.1, -0.05) is 13.8 Å². The van der Waals surface area contributed by atoms with E-state index in [9.17, 15) is 0 Å². The molecule has 5 nitrogen and oxygen atoms in total. The molecule has 1 rings (SSSR count). The van der Waals surface area contributed by atoms with Crippen LogP contribution in [0.2, 0.25) is 0 Å². The Morgan fingerprint density at radius 2 is 2.00 bits per heavy atom. The van der Waals surface area contributed by atoms with Gasteiger partial charge in [0.15, 0.2) is 0 Å². The lowest BCUT2D eigenvalue weighted by Gasteiger charge is -2.17. The molecule has 0 aliphatic carbocycles. The molecule has 3 N–H and O–H groups in total. The SMILES string of the molecule is CCNc1nnc(CC(CN)CC(C)C)n1CC. The normalized spacial score (nSPS) is 13.0. The first-order valence-corrected chi connectivity index (χ1v) is 6.98. The number of anilines is 1. The standard InChI is InChI=1S/C13H27N5/c1-5-15-13-17-16-12(18(13)6-2)8-11(9-14)7-10(3)4/h10-11H,5-9,14H2,1-4H3,(H,15,17). The summed E-state index contributed by atoms with van der Waals surface area (Å²) < 4.78 is 2.15. The Balaban J connectivity index is 2.76. The van der Waals surface area contributed by atoms with Crippen LogP contribution in [0.1, 0.15) is 39.9 Å². The fourth-order valence-corrected chi connectivity index (χ4v) is 2.30. The van der Waals surface area contributed by atoms with Gasteiger partial charge in [-0.05, 0) is 38.6 Å². The molecule has 0 saturated heterocycles. The van der Waals surface area contributed by atoms with Gasteiger partial charge in [0.25, 0.3) is 0 Å². The summed E-state index contributed by atoms with van der Waals surface area (Å²) in [5.74, 6) is 3.08. The van der Waals surface area contributed by atoms with Crippen molar-refractivity contribution in [1.29, 1.82) is 0 Å². The van der Waals surface area contributed by atoms with Gasteiger partial charge in [-0.15, -0.1) is 10.2 Å². The highest BCUT2D eigenvalue weighted by Crippen LogP contribution is 2.17. The molecular weight excluding hydrogens is 226 g/mol. The Morgan fingerprint density at radius 1 is 1.28 bits per heavy atom. The zero-order valence-corrected chi connectivity index (χ0v) is 12.1. The van der Waals surface area contributed by atoms with Gasteiger partial charge < -0.3 is 11.1 Å². The molecule has 0 fully saturated rings. The molecule has 1 aromatic rings. The van der Waals surface area contributed by atoms with Crippen molar-refractivity contribution in [1.82, 2.24) is 14.8 Å². The number of hydrogen-bond donors (Lipinski definition) is 2. The molecule has 5 heteroatoms. The van der Waals surface area contributed by atoms with E-state index in [-0.39, 0.29) is 0 Å². The maximum Gasteiger partial charge on any atom is 0.224 e. The average Bonchev–Trinajstić information content (AvgIpc) is 2.70. The summed E-state index contributed by atoms with van der Waals surface area (Å²) in [4.78, 5) is 0. The van der Waals surface area contributed by atoms with Crippen LogP contribution in [0.25, 0.3) is 0 Å². The van der Waals surface area contributed by atoms with Gasteiger partial charge in [0.2, 0.25) is 5.95 Å². The third kappa shape index (κ3) is 3.98. The van der Waals surface area contributed by atoms with Crippen LogP contribution in [0.4, 0.5) is 5.95 Å². The largest absolute Gasteiger partial charge is 0.355 e. The molecule has 0 spiro atoms. The van der Waals surface area contributed by atoms with E-state index in [1.54, 1.807) is 0 Å². The van der Waals surface area contributed by atoms with E-state index in [0.717, 1.165) is 37.7 Å². The molecule has 0 aromatic carbocycles. The van der Waals surface area contributed by atoms with Crippen molar-refractivity contribution >= 4 is 5.95 Å². The Hall–Kier alpha value is -1.10. The van der Waals surface area contributed by atoms with E-state index < -0.39 is 0 Å². The monoisotopic (exact) mass is 253 g/mol. The summed E-state index contributed by atoms with van der Waals surface area (Å²) in [6.45, 7) is 11.1. The van der Waals surface area contributed by atoms with E-state index in [1.165, 1.54) is 0 Å². The molecule has 104 valence electrons. The molecule has 18 heavy (non-hydrogen) atoms. The molecule has 0 aliphatic rings. The lowest BCUT2D eigenvalue weighted by Crippen LogP contribution is -2.21. The zero-order valence-electron chi connectivity index (χ0n) is 12.1. The van der Waals surface area contributed by atoms with Crippen molar-refractivity contribution in [3.8, 4) is 0 Å². The van der Waals surface area contributed by atoms with Gasteiger partial charge in [-0.3, -0.25) is 4.57 Å². The highest BCUT2D eigenvalue weighted by atomic mass is 15.3. The lowest BCUT2D eigenvalue weighted by atomic mass is 9.94. The first-order valence-electron chi connectivity index (χ1n) is 6.98. The average molecular weight is 253 g/mol. The molecule has 1 atom stereocenters. The smallest absolute Gasteiger partial charge is 0.224 e. The van der Waals surface area contributed by atoms with Gasteiger partial charge in [0.1, 0.15) is 5.82 Å². The minimum Gasteiger partial charge on any atom is -0.355 e. The highest BCUT2D eigenvalue weighted by Gasteiger charge is 2.16. The fraction of sp³-hybridized carbons (Fsp3) is 0.846. The topological polar surface area (TPSA) is 68.8 Å². The first kappa shape index (κ1) is 15.0. The molecular formula is C13H27N5. The summed E-state index contributed by atoms with van der Waals surface area (Å²) in [7, 11) is 0. The number of nitrogens with zero attached hydrogens (tertiary/aromatic N) is 3. The van der Waals surface area contributed by atoms with Crippen molar-refractivity contribution < 1.29 is 0 Å². The van der Waals surface area contributed by atoms with Crippen LogP contribution in [0.3, 0.4) is 0 Å². The van der Waals surface area contributed by atoms with E-state index in [4.69, 9.17) is 5.73 Å².